The molecule has 0 unspecified atom stereocenters. The maximum atomic E-state index is 12.6. The zero-order valence-electron chi connectivity index (χ0n) is 18.0. The molecule has 4 heterocycles. The lowest BCUT2D eigenvalue weighted by molar-refractivity contribution is 0.147. The Morgan fingerprint density at radius 2 is 2.03 bits per heavy atom. The topological polar surface area (TPSA) is 96.8 Å². The predicted molar refractivity (Wildman–Crippen MR) is 120 cm³/mol. The van der Waals surface area contributed by atoms with E-state index >= 15 is 0 Å². The van der Waals surface area contributed by atoms with Crippen molar-refractivity contribution >= 4 is 23.1 Å². The fraction of sp³-hybridized carbons (Fsp3) is 0.318. The van der Waals surface area contributed by atoms with Gasteiger partial charge in [-0.25, -0.2) is 4.68 Å². The first-order chi connectivity index (χ1) is 14.9. The van der Waals surface area contributed by atoms with Crippen molar-refractivity contribution in [3.63, 3.8) is 0 Å². The SMILES string of the molecule is C[C@H]1CN(C)Cc2c(c(=O)[nH]n2C)/C=C\c2[nH]nc3ccc(cc23)-c2cnn(C)c2O1. The fourth-order valence-corrected chi connectivity index (χ4v) is 4.20. The molecule has 1 aromatic carbocycles. The number of fused-ring (bicyclic) bond motifs is 4. The van der Waals surface area contributed by atoms with E-state index in [-0.39, 0.29) is 11.7 Å². The van der Waals surface area contributed by atoms with Gasteiger partial charge in [0.2, 0.25) is 5.88 Å². The van der Waals surface area contributed by atoms with Crippen molar-refractivity contribution in [2.45, 2.75) is 19.6 Å². The molecule has 0 fully saturated rings. The number of nitrogens with zero attached hydrogens (tertiary/aromatic N) is 5. The first kappa shape index (κ1) is 19.4. The summed E-state index contributed by atoms with van der Waals surface area (Å²) in [6.45, 7) is 3.34. The molecule has 5 rings (SSSR count). The van der Waals surface area contributed by atoms with Crippen LogP contribution in [0.4, 0.5) is 0 Å². The van der Waals surface area contributed by atoms with Crippen LogP contribution in [0.2, 0.25) is 0 Å². The minimum atomic E-state index is -0.112. The first-order valence-corrected chi connectivity index (χ1v) is 10.2. The summed E-state index contributed by atoms with van der Waals surface area (Å²) >= 11 is 0. The van der Waals surface area contributed by atoms with Crippen LogP contribution in [-0.4, -0.2) is 54.4 Å². The highest BCUT2D eigenvalue weighted by molar-refractivity contribution is 5.93. The normalized spacial score (nSPS) is 18.3. The lowest BCUT2D eigenvalue weighted by atomic mass is 10.1. The third kappa shape index (κ3) is 3.36. The van der Waals surface area contributed by atoms with Crippen LogP contribution in [-0.2, 0) is 20.6 Å². The van der Waals surface area contributed by atoms with Crippen LogP contribution in [0.3, 0.4) is 0 Å². The van der Waals surface area contributed by atoms with Crippen LogP contribution in [0.5, 0.6) is 5.88 Å². The average Bonchev–Trinajstić information content (AvgIpc) is 3.36. The number of rotatable bonds is 0. The Kier molecular flexibility index (Phi) is 4.55. The predicted octanol–water partition coefficient (Wildman–Crippen LogP) is 2.37. The number of nitrogens with one attached hydrogen (secondary N) is 2. The molecule has 2 N–H and O–H groups in total. The molecule has 0 aliphatic carbocycles. The molecule has 0 spiro atoms. The summed E-state index contributed by atoms with van der Waals surface area (Å²) in [6, 6.07) is 6.08. The highest BCUT2D eigenvalue weighted by atomic mass is 16.5. The van der Waals surface area contributed by atoms with E-state index in [9.17, 15) is 4.79 Å². The minimum absolute atomic E-state index is 0.0764. The molecule has 0 radical (unpaired) electrons. The van der Waals surface area contributed by atoms with Crippen molar-refractivity contribution in [1.82, 2.24) is 34.7 Å². The summed E-state index contributed by atoms with van der Waals surface area (Å²) in [7, 11) is 5.76. The standard InChI is InChI=1S/C22H25N7O2/c1-13-11-27(2)12-20-15(21(30)26-28(20)3)6-8-19-16-9-14(5-7-18(16)24-25-19)17-10-23-29(4)22(17)31-13/h5-10,13H,11-12H2,1-4H3,(H,24,25)(H,26,30)/b8-6-/t13-/m0/s1. The number of aryl methyl sites for hydroxylation is 2. The summed E-state index contributed by atoms with van der Waals surface area (Å²) in [6.07, 6.45) is 5.52. The maximum Gasteiger partial charge on any atom is 0.271 e. The van der Waals surface area contributed by atoms with Gasteiger partial charge in [-0.05, 0) is 43.8 Å². The van der Waals surface area contributed by atoms with Crippen molar-refractivity contribution in [2.24, 2.45) is 14.1 Å². The van der Waals surface area contributed by atoms with Gasteiger partial charge in [-0.1, -0.05) is 6.07 Å². The summed E-state index contributed by atoms with van der Waals surface area (Å²) in [5.74, 6) is 0.727. The second kappa shape index (κ2) is 7.28. The van der Waals surface area contributed by atoms with E-state index in [0.29, 0.717) is 18.7 Å². The van der Waals surface area contributed by atoms with Crippen LogP contribution >= 0.6 is 0 Å². The number of hydrogen-bond acceptors (Lipinski definition) is 5. The monoisotopic (exact) mass is 419 g/mol. The average molecular weight is 419 g/mol. The van der Waals surface area contributed by atoms with E-state index in [1.54, 1.807) is 9.36 Å². The van der Waals surface area contributed by atoms with Crippen molar-refractivity contribution in [3.05, 3.63) is 51.7 Å². The van der Waals surface area contributed by atoms with Crippen LogP contribution in [0.1, 0.15) is 23.9 Å². The van der Waals surface area contributed by atoms with Gasteiger partial charge in [0.15, 0.2) is 0 Å². The molecule has 4 aromatic rings. The fourth-order valence-electron chi connectivity index (χ4n) is 4.20. The van der Waals surface area contributed by atoms with Crippen molar-refractivity contribution < 1.29 is 4.74 Å². The Hall–Kier alpha value is -3.59. The third-order valence-electron chi connectivity index (χ3n) is 5.73. The molecule has 0 saturated carbocycles. The van der Waals surface area contributed by atoms with Crippen molar-refractivity contribution in [2.75, 3.05) is 13.6 Å². The zero-order valence-corrected chi connectivity index (χ0v) is 18.0. The zero-order chi connectivity index (χ0) is 21.7. The molecular weight excluding hydrogens is 394 g/mol. The number of aromatic amines is 2. The molecule has 0 saturated heterocycles. The van der Waals surface area contributed by atoms with Gasteiger partial charge in [0.05, 0.1) is 34.2 Å². The molecule has 1 atom stereocenters. The molecule has 1 aliphatic heterocycles. The van der Waals surface area contributed by atoms with Gasteiger partial charge in [-0.3, -0.25) is 24.6 Å². The number of ether oxygens (including phenoxy) is 1. The van der Waals surface area contributed by atoms with Crippen LogP contribution < -0.4 is 10.3 Å². The van der Waals surface area contributed by atoms with Gasteiger partial charge in [-0.15, -0.1) is 0 Å². The maximum absolute atomic E-state index is 12.6. The third-order valence-corrected chi connectivity index (χ3v) is 5.73. The van der Waals surface area contributed by atoms with Gasteiger partial charge < -0.3 is 4.74 Å². The molecule has 2 bridgehead atoms. The van der Waals surface area contributed by atoms with Gasteiger partial charge in [0, 0.05) is 32.6 Å². The van der Waals surface area contributed by atoms with Crippen molar-refractivity contribution in [3.8, 4) is 17.0 Å². The van der Waals surface area contributed by atoms with Gasteiger partial charge in [-0.2, -0.15) is 10.2 Å². The van der Waals surface area contributed by atoms with Gasteiger partial charge in [0.25, 0.3) is 5.56 Å². The number of benzene rings is 1. The molecule has 9 nitrogen and oxygen atoms in total. The molecule has 3 aromatic heterocycles. The highest BCUT2D eigenvalue weighted by Gasteiger charge is 2.20. The van der Waals surface area contributed by atoms with Crippen molar-refractivity contribution in [1.29, 1.82) is 0 Å². The lowest BCUT2D eigenvalue weighted by Gasteiger charge is -2.23. The first-order valence-electron chi connectivity index (χ1n) is 10.2. The van der Waals surface area contributed by atoms with E-state index in [2.05, 4.69) is 31.4 Å². The van der Waals surface area contributed by atoms with E-state index in [1.165, 1.54) is 0 Å². The van der Waals surface area contributed by atoms with Crippen LogP contribution in [0.15, 0.2) is 29.2 Å². The second-order valence-corrected chi connectivity index (χ2v) is 8.18. The molecular formula is C22H25N7O2. The summed E-state index contributed by atoms with van der Waals surface area (Å²) in [5.41, 5.74) is 5.08. The second-order valence-electron chi connectivity index (χ2n) is 8.18. The van der Waals surface area contributed by atoms with Crippen LogP contribution in [0, 0.1) is 0 Å². The summed E-state index contributed by atoms with van der Waals surface area (Å²) in [4.78, 5) is 14.7. The Labute approximate surface area is 178 Å². The van der Waals surface area contributed by atoms with E-state index < -0.39 is 0 Å². The molecule has 1 aliphatic rings. The number of hydrogen-bond donors (Lipinski definition) is 2. The number of H-pyrrole nitrogens is 2. The van der Waals surface area contributed by atoms with Crippen LogP contribution in [0.25, 0.3) is 34.2 Å². The quantitative estimate of drug-likeness (QED) is 0.456. The minimum Gasteiger partial charge on any atom is -0.473 e. The molecule has 31 heavy (non-hydrogen) atoms. The van der Waals surface area contributed by atoms with E-state index in [0.717, 1.165) is 39.3 Å². The molecule has 9 heteroatoms. The lowest BCUT2D eigenvalue weighted by Crippen LogP contribution is -2.32. The van der Waals surface area contributed by atoms with E-state index in [1.807, 2.05) is 58.5 Å². The summed E-state index contributed by atoms with van der Waals surface area (Å²) < 4.78 is 9.87. The number of aromatic nitrogens is 6. The Morgan fingerprint density at radius 3 is 2.87 bits per heavy atom. The van der Waals surface area contributed by atoms with E-state index in [4.69, 9.17) is 4.74 Å². The highest BCUT2D eigenvalue weighted by Crippen LogP contribution is 2.33. The summed E-state index contributed by atoms with van der Waals surface area (Å²) in [5, 5.41) is 15.8. The Balaban J connectivity index is 1.71. The largest absolute Gasteiger partial charge is 0.473 e. The van der Waals surface area contributed by atoms with Gasteiger partial charge in [0.1, 0.15) is 6.10 Å². The smallest absolute Gasteiger partial charge is 0.271 e. The number of likely N-dealkylation sites (N-methyl/N-ethyl adjacent to an activating group) is 1. The molecule has 0 amide bonds. The molecule has 160 valence electrons. The Bertz CT molecular complexity index is 1350. The Morgan fingerprint density at radius 1 is 1.19 bits per heavy atom. The van der Waals surface area contributed by atoms with Gasteiger partial charge >= 0.3 is 0 Å².